The molecule has 0 aliphatic carbocycles. The number of aliphatic hydroxyl groups is 2. The van der Waals surface area contributed by atoms with Gasteiger partial charge in [0.2, 0.25) is 0 Å². The number of nitrogens with zero attached hydrogens (tertiary/aromatic N) is 1. The van der Waals surface area contributed by atoms with Gasteiger partial charge in [0.15, 0.2) is 5.72 Å². The molecule has 1 heterocycles. The van der Waals surface area contributed by atoms with Gasteiger partial charge in [-0.1, -0.05) is 18.2 Å². The Morgan fingerprint density at radius 3 is 2.74 bits per heavy atom. The summed E-state index contributed by atoms with van der Waals surface area (Å²) in [6, 6.07) is 6.55. The molecule has 0 bridgehead atoms. The predicted octanol–water partition coefficient (Wildman–Crippen LogP) is -0.157. The van der Waals surface area contributed by atoms with Crippen LogP contribution in [-0.4, -0.2) is 46.7 Å². The molecule has 0 spiro atoms. The molecule has 6 nitrogen and oxygen atoms in total. The van der Waals surface area contributed by atoms with Crippen LogP contribution in [0.2, 0.25) is 0 Å². The number of carbonyl (C=O) groups excluding carboxylic acids is 2. The summed E-state index contributed by atoms with van der Waals surface area (Å²) >= 11 is 0. The van der Waals surface area contributed by atoms with E-state index in [0.29, 0.717) is 11.1 Å². The van der Waals surface area contributed by atoms with E-state index >= 15 is 0 Å². The van der Waals surface area contributed by atoms with E-state index in [9.17, 15) is 19.8 Å². The van der Waals surface area contributed by atoms with Crippen molar-refractivity contribution in [1.29, 1.82) is 0 Å². The maximum atomic E-state index is 12.2. The Kier molecular flexibility index (Phi) is 3.55. The Morgan fingerprint density at radius 2 is 2.11 bits per heavy atom. The van der Waals surface area contributed by atoms with Crippen LogP contribution in [0.3, 0.4) is 0 Å². The Bertz CT molecular complexity index is 516. The molecule has 0 saturated heterocycles. The molecule has 1 aliphatic heterocycles. The molecule has 0 aromatic heterocycles. The van der Waals surface area contributed by atoms with Crippen molar-refractivity contribution in [2.75, 3.05) is 19.8 Å². The molecule has 1 atom stereocenters. The van der Waals surface area contributed by atoms with Crippen LogP contribution in [0.15, 0.2) is 24.3 Å². The SMILES string of the molecule is CC(=O)OCCN1C(=O)c2ccccc2C1(O)CO. The molecule has 1 amide bonds. The molecule has 2 N–H and O–H groups in total. The lowest BCUT2D eigenvalue weighted by atomic mass is 10.0. The highest BCUT2D eigenvalue weighted by Crippen LogP contribution is 2.36. The lowest BCUT2D eigenvalue weighted by molar-refractivity contribution is -0.146. The van der Waals surface area contributed by atoms with Gasteiger partial charge < -0.3 is 19.8 Å². The highest BCUT2D eigenvalue weighted by atomic mass is 16.5. The van der Waals surface area contributed by atoms with Crippen molar-refractivity contribution in [2.24, 2.45) is 0 Å². The number of fused-ring (bicyclic) bond motifs is 1. The van der Waals surface area contributed by atoms with E-state index < -0.39 is 18.3 Å². The van der Waals surface area contributed by atoms with Gasteiger partial charge in [-0.2, -0.15) is 0 Å². The van der Waals surface area contributed by atoms with Gasteiger partial charge in [0.05, 0.1) is 13.2 Å². The third-order valence-electron chi connectivity index (χ3n) is 3.12. The van der Waals surface area contributed by atoms with Gasteiger partial charge in [0.1, 0.15) is 6.61 Å². The van der Waals surface area contributed by atoms with Crippen molar-refractivity contribution in [3.8, 4) is 0 Å². The maximum absolute atomic E-state index is 12.2. The Balaban J connectivity index is 2.25. The number of aliphatic hydroxyl groups excluding tert-OH is 1. The highest BCUT2D eigenvalue weighted by Gasteiger charge is 2.47. The van der Waals surface area contributed by atoms with E-state index in [1.807, 2.05) is 0 Å². The average Bonchev–Trinajstić information content (AvgIpc) is 2.61. The van der Waals surface area contributed by atoms with Gasteiger partial charge in [-0.3, -0.25) is 9.59 Å². The number of hydrogen-bond donors (Lipinski definition) is 2. The van der Waals surface area contributed by atoms with Gasteiger partial charge in [-0.05, 0) is 6.07 Å². The van der Waals surface area contributed by atoms with E-state index in [1.165, 1.54) is 6.92 Å². The zero-order valence-corrected chi connectivity index (χ0v) is 10.5. The fourth-order valence-corrected chi connectivity index (χ4v) is 2.22. The molecule has 2 rings (SSSR count). The van der Waals surface area contributed by atoms with Crippen LogP contribution in [-0.2, 0) is 15.3 Å². The van der Waals surface area contributed by atoms with Crippen LogP contribution in [0.5, 0.6) is 0 Å². The molecule has 1 aromatic carbocycles. The van der Waals surface area contributed by atoms with E-state index in [1.54, 1.807) is 24.3 Å². The summed E-state index contributed by atoms with van der Waals surface area (Å²) in [5, 5.41) is 19.9. The van der Waals surface area contributed by atoms with E-state index in [4.69, 9.17) is 4.74 Å². The summed E-state index contributed by atoms with van der Waals surface area (Å²) in [4.78, 5) is 24.0. The van der Waals surface area contributed by atoms with Gasteiger partial charge in [0, 0.05) is 18.1 Å². The van der Waals surface area contributed by atoms with E-state index in [2.05, 4.69) is 0 Å². The van der Waals surface area contributed by atoms with Crippen LogP contribution in [0, 0.1) is 0 Å². The topological polar surface area (TPSA) is 87.1 Å². The van der Waals surface area contributed by atoms with Crippen molar-refractivity contribution >= 4 is 11.9 Å². The molecule has 1 aliphatic rings. The highest BCUT2D eigenvalue weighted by molar-refractivity contribution is 5.99. The number of rotatable bonds is 4. The van der Waals surface area contributed by atoms with Gasteiger partial charge in [0.25, 0.3) is 5.91 Å². The summed E-state index contributed by atoms with van der Waals surface area (Å²) < 4.78 is 4.76. The maximum Gasteiger partial charge on any atom is 0.302 e. The molecule has 6 heteroatoms. The lowest BCUT2D eigenvalue weighted by Crippen LogP contribution is -2.48. The minimum atomic E-state index is -1.76. The van der Waals surface area contributed by atoms with Crippen molar-refractivity contribution in [2.45, 2.75) is 12.6 Å². The lowest BCUT2D eigenvalue weighted by Gasteiger charge is -2.32. The van der Waals surface area contributed by atoms with Gasteiger partial charge in [-0.25, -0.2) is 0 Å². The molecular weight excluding hydrogens is 250 g/mol. The minimum absolute atomic E-state index is 0.0180. The molecule has 102 valence electrons. The molecular formula is C13H15NO5. The van der Waals surface area contributed by atoms with Crippen LogP contribution >= 0.6 is 0 Å². The zero-order chi connectivity index (χ0) is 14.0. The summed E-state index contributed by atoms with van der Waals surface area (Å²) in [6.07, 6.45) is 0. The zero-order valence-electron chi connectivity index (χ0n) is 10.5. The van der Waals surface area contributed by atoms with Crippen molar-refractivity contribution in [1.82, 2.24) is 4.90 Å². The van der Waals surface area contributed by atoms with Crippen LogP contribution < -0.4 is 0 Å². The van der Waals surface area contributed by atoms with Crippen molar-refractivity contribution in [3.63, 3.8) is 0 Å². The standard InChI is InChI=1S/C13H15NO5/c1-9(16)19-7-6-14-12(17)10-4-2-3-5-11(10)13(14,18)8-15/h2-5,15,18H,6-8H2,1H3. The Hall–Kier alpha value is -1.92. The Labute approximate surface area is 110 Å². The average molecular weight is 265 g/mol. The molecule has 0 radical (unpaired) electrons. The normalized spacial score (nSPS) is 21.4. The quantitative estimate of drug-likeness (QED) is 0.739. The molecule has 0 saturated carbocycles. The number of carbonyl (C=O) groups is 2. The van der Waals surface area contributed by atoms with Crippen LogP contribution in [0.1, 0.15) is 22.8 Å². The molecule has 0 fully saturated rings. The molecule has 19 heavy (non-hydrogen) atoms. The first kappa shape index (κ1) is 13.5. The first-order chi connectivity index (χ1) is 9.00. The van der Waals surface area contributed by atoms with Crippen LogP contribution in [0.4, 0.5) is 0 Å². The Morgan fingerprint density at radius 1 is 1.42 bits per heavy atom. The predicted molar refractivity (Wildman–Crippen MR) is 65.1 cm³/mol. The number of amides is 1. The summed E-state index contributed by atoms with van der Waals surface area (Å²) in [5.74, 6) is -0.851. The van der Waals surface area contributed by atoms with Gasteiger partial charge in [-0.15, -0.1) is 0 Å². The number of esters is 1. The van der Waals surface area contributed by atoms with E-state index in [-0.39, 0.29) is 19.1 Å². The third-order valence-corrected chi connectivity index (χ3v) is 3.12. The second-order valence-corrected chi connectivity index (χ2v) is 4.32. The summed E-state index contributed by atoms with van der Waals surface area (Å²) in [5.41, 5.74) is -1.04. The third kappa shape index (κ3) is 2.20. The number of hydrogen-bond acceptors (Lipinski definition) is 5. The smallest absolute Gasteiger partial charge is 0.302 e. The fraction of sp³-hybridized carbons (Fsp3) is 0.385. The second kappa shape index (κ2) is 4.99. The molecule has 1 aromatic rings. The first-order valence-electron chi connectivity index (χ1n) is 5.89. The molecule has 1 unspecified atom stereocenters. The number of ether oxygens (including phenoxy) is 1. The number of benzene rings is 1. The second-order valence-electron chi connectivity index (χ2n) is 4.32. The van der Waals surface area contributed by atoms with Crippen molar-refractivity contribution in [3.05, 3.63) is 35.4 Å². The summed E-state index contributed by atoms with van der Waals surface area (Å²) in [6.45, 7) is 0.635. The monoisotopic (exact) mass is 265 g/mol. The van der Waals surface area contributed by atoms with Gasteiger partial charge >= 0.3 is 5.97 Å². The first-order valence-corrected chi connectivity index (χ1v) is 5.89. The largest absolute Gasteiger partial charge is 0.464 e. The van der Waals surface area contributed by atoms with E-state index in [0.717, 1.165) is 4.90 Å². The summed E-state index contributed by atoms with van der Waals surface area (Å²) in [7, 11) is 0. The van der Waals surface area contributed by atoms with Crippen molar-refractivity contribution < 1.29 is 24.5 Å². The van der Waals surface area contributed by atoms with Crippen LogP contribution in [0.25, 0.3) is 0 Å². The minimum Gasteiger partial charge on any atom is -0.464 e. The fourth-order valence-electron chi connectivity index (χ4n) is 2.22.